The highest BCUT2D eigenvalue weighted by atomic mass is 16.6. The smallest absolute Gasteiger partial charge is 0.338 e. The molecule has 1 saturated heterocycles. The van der Waals surface area contributed by atoms with Gasteiger partial charge < -0.3 is 19.7 Å². The van der Waals surface area contributed by atoms with Crippen molar-refractivity contribution in [2.75, 3.05) is 13.7 Å². The van der Waals surface area contributed by atoms with Gasteiger partial charge in [0.1, 0.15) is 23.6 Å². The Morgan fingerprint density at radius 1 is 1.27 bits per heavy atom. The molecule has 2 atom stereocenters. The first-order valence-electron chi connectivity index (χ1n) is 9.74. The summed E-state index contributed by atoms with van der Waals surface area (Å²) in [6.07, 6.45) is 1.31. The molecule has 1 aliphatic carbocycles. The number of nitrogens with zero attached hydrogens (tertiary/aromatic N) is 2. The molecular formula is C20H23N3O7. The van der Waals surface area contributed by atoms with Crippen LogP contribution in [-0.4, -0.2) is 45.2 Å². The number of carboxylic acid groups (broad SMARTS) is 1. The van der Waals surface area contributed by atoms with Crippen LogP contribution in [0.4, 0.5) is 0 Å². The number of hydrogen-bond acceptors (Lipinski definition) is 7. The summed E-state index contributed by atoms with van der Waals surface area (Å²) in [5.74, 6) is -0.497. The Morgan fingerprint density at radius 3 is 2.57 bits per heavy atom. The molecule has 0 spiro atoms. The Hall–Kier alpha value is -3.11. The first kappa shape index (κ1) is 20.2. The molecular weight excluding hydrogens is 394 g/mol. The largest absolute Gasteiger partial charge is 0.497 e. The van der Waals surface area contributed by atoms with E-state index in [1.807, 2.05) is 0 Å². The number of nitrogens with one attached hydrogen (secondary N) is 1. The molecule has 1 saturated carbocycles. The number of rotatable bonds is 9. The number of aliphatic carboxylic acids is 1. The zero-order valence-corrected chi connectivity index (χ0v) is 16.4. The molecule has 4 rings (SSSR count). The monoisotopic (exact) mass is 417 g/mol. The summed E-state index contributed by atoms with van der Waals surface area (Å²) in [6, 6.07) is 6.50. The molecule has 1 aliphatic heterocycles. The van der Waals surface area contributed by atoms with Gasteiger partial charge in [0.05, 0.1) is 19.3 Å². The molecule has 10 heteroatoms. The molecule has 160 valence electrons. The van der Waals surface area contributed by atoms with Crippen molar-refractivity contribution in [1.82, 2.24) is 14.5 Å². The van der Waals surface area contributed by atoms with Crippen molar-refractivity contribution in [1.29, 1.82) is 0 Å². The van der Waals surface area contributed by atoms with Crippen LogP contribution in [0.2, 0.25) is 0 Å². The Morgan fingerprint density at radius 2 is 1.97 bits per heavy atom. The lowest BCUT2D eigenvalue weighted by Crippen LogP contribution is -2.41. The van der Waals surface area contributed by atoms with Gasteiger partial charge in [-0.2, -0.15) is 0 Å². The van der Waals surface area contributed by atoms with E-state index in [4.69, 9.17) is 14.6 Å². The Balaban J connectivity index is 1.76. The number of epoxide rings is 1. The quantitative estimate of drug-likeness (QED) is 0.505. The van der Waals surface area contributed by atoms with Gasteiger partial charge in [-0.05, 0) is 36.6 Å². The summed E-state index contributed by atoms with van der Waals surface area (Å²) in [5, 5.41) is 22.3. The standard InChI is InChI=1S/C20H23N3O7/c1-29-13-6-4-12(5-7-13)23-19(27)15(16-17(30-16)21-10-14(24)25)18(26)22(20(23)28)9-8-11-2-3-11/h4-7,11,16-17,21,27H,2-3,8-10H2,1H3,(H,24,25). The van der Waals surface area contributed by atoms with Crippen molar-refractivity contribution in [2.24, 2.45) is 5.92 Å². The minimum absolute atomic E-state index is 0.0656. The molecule has 0 radical (unpaired) electrons. The zero-order chi connectivity index (χ0) is 21.4. The molecule has 1 aromatic heterocycles. The van der Waals surface area contributed by atoms with E-state index in [9.17, 15) is 19.5 Å². The van der Waals surface area contributed by atoms with Crippen molar-refractivity contribution < 1.29 is 24.5 Å². The van der Waals surface area contributed by atoms with Crippen LogP contribution in [-0.2, 0) is 16.1 Å². The van der Waals surface area contributed by atoms with Crippen molar-refractivity contribution >= 4 is 5.97 Å². The average molecular weight is 417 g/mol. The fourth-order valence-corrected chi connectivity index (χ4v) is 3.46. The maximum atomic E-state index is 13.1. The summed E-state index contributed by atoms with van der Waals surface area (Å²) >= 11 is 0. The second-order valence-electron chi connectivity index (χ2n) is 7.49. The van der Waals surface area contributed by atoms with Crippen LogP contribution in [0.1, 0.15) is 30.9 Å². The van der Waals surface area contributed by atoms with Gasteiger partial charge in [-0.25, -0.2) is 9.36 Å². The lowest BCUT2D eigenvalue weighted by Gasteiger charge is -2.15. The molecule has 2 unspecified atom stereocenters. The first-order valence-corrected chi connectivity index (χ1v) is 9.74. The van der Waals surface area contributed by atoms with Crippen LogP contribution in [0.5, 0.6) is 11.6 Å². The van der Waals surface area contributed by atoms with Crippen LogP contribution in [0, 0.1) is 5.92 Å². The SMILES string of the molecule is COc1ccc(-n2c(O)c(C3OC3NCC(=O)O)c(=O)n(CCC3CC3)c2=O)cc1. The van der Waals surface area contributed by atoms with Crippen molar-refractivity contribution in [3.8, 4) is 17.3 Å². The van der Waals surface area contributed by atoms with Gasteiger partial charge in [-0.3, -0.25) is 19.5 Å². The van der Waals surface area contributed by atoms with Gasteiger partial charge >= 0.3 is 11.7 Å². The number of aromatic hydroxyl groups is 1. The molecule has 0 bridgehead atoms. The van der Waals surface area contributed by atoms with Crippen molar-refractivity contribution in [3.63, 3.8) is 0 Å². The zero-order valence-electron chi connectivity index (χ0n) is 16.4. The summed E-state index contributed by atoms with van der Waals surface area (Å²) in [5.41, 5.74) is -0.949. The van der Waals surface area contributed by atoms with E-state index < -0.39 is 35.4 Å². The maximum absolute atomic E-state index is 13.1. The number of methoxy groups -OCH3 is 1. The van der Waals surface area contributed by atoms with Crippen molar-refractivity contribution in [3.05, 3.63) is 50.7 Å². The van der Waals surface area contributed by atoms with Crippen LogP contribution >= 0.6 is 0 Å². The molecule has 1 aromatic carbocycles. The van der Waals surface area contributed by atoms with Crippen LogP contribution in [0.3, 0.4) is 0 Å². The average Bonchev–Trinajstić information content (AvgIpc) is 3.63. The number of carbonyl (C=O) groups is 1. The van der Waals surface area contributed by atoms with Crippen LogP contribution < -0.4 is 21.3 Å². The Bertz CT molecular complexity index is 1070. The molecule has 2 fully saturated rings. The van der Waals surface area contributed by atoms with E-state index in [1.54, 1.807) is 24.3 Å². The van der Waals surface area contributed by atoms with Gasteiger partial charge in [0.25, 0.3) is 5.56 Å². The molecule has 2 aromatic rings. The van der Waals surface area contributed by atoms with E-state index in [-0.39, 0.29) is 18.7 Å². The summed E-state index contributed by atoms with van der Waals surface area (Å²) < 4.78 is 12.7. The van der Waals surface area contributed by atoms with Gasteiger partial charge in [0.2, 0.25) is 5.88 Å². The third-order valence-electron chi connectivity index (χ3n) is 5.37. The topological polar surface area (TPSA) is 135 Å². The van der Waals surface area contributed by atoms with Gasteiger partial charge in [-0.1, -0.05) is 12.8 Å². The Kier molecular flexibility index (Phi) is 5.35. The molecule has 10 nitrogen and oxygen atoms in total. The third kappa shape index (κ3) is 3.96. The molecule has 3 N–H and O–H groups in total. The number of ether oxygens (including phenoxy) is 2. The second kappa shape index (κ2) is 7.96. The van der Waals surface area contributed by atoms with E-state index in [0.717, 1.165) is 22.0 Å². The Labute approximate surface area is 171 Å². The fraction of sp³-hybridized carbons (Fsp3) is 0.450. The predicted octanol–water partition coefficient (Wildman–Crippen LogP) is 0.585. The third-order valence-corrected chi connectivity index (χ3v) is 5.37. The highest BCUT2D eigenvalue weighted by Crippen LogP contribution is 2.39. The number of carboxylic acids is 1. The number of hydrogen-bond donors (Lipinski definition) is 3. The summed E-state index contributed by atoms with van der Waals surface area (Å²) in [6.45, 7) is -0.109. The predicted molar refractivity (Wildman–Crippen MR) is 105 cm³/mol. The van der Waals surface area contributed by atoms with E-state index in [2.05, 4.69) is 5.32 Å². The number of aromatic nitrogens is 2. The van der Waals surface area contributed by atoms with Crippen molar-refractivity contribution in [2.45, 2.75) is 38.1 Å². The molecule has 30 heavy (non-hydrogen) atoms. The minimum atomic E-state index is -1.07. The van der Waals surface area contributed by atoms with Gasteiger partial charge in [0.15, 0.2) is 0 Å². The van der Waals surface area contributed by atoms with Gasteiger partial charge in [0, 0.05) is 6.54 Å². The minimum Gasteiger partial charge on any atom is -0.497 e. The first-order chi connectivity index (χ1) is 14.4. The fourth-order valence-electron chi connectivity index (χ4n) is 3.46. The lowest BCUT2D eigenvalue weighted by molar-refractivity contribution is -0.136. The normalized spacial score (nSPS) is 20.2. The highest BCUT2D eigenvalue weighted by molar-refractivity contribution is 5.69. The van der Waals surface area contributed by atoms with E-state index in [1.165, 1.54) is 7.11 Å². The second-order valence-corrected chi connectivity index (χ2v) is 7.49. The maximum Gasteiger partial charge on any atom is 0.338 e. The highest BCUT2D eigenvalue weighted by Gasteiger charge is 2.45. The van der Waals surface area contributed by atoms with Crippen LogP contribution in [0.25, 0.3) is 5.69 Å². The molecule has 2 heterocycles. The van der Waals surface area contributed by atoms with E-state index in [0.29, 0.717) is 23.8 Å². The van der Waals surface area contributed by atoms with Gasteiger partial charge in [-0.15, -0.1) is 0 Å². The van der Waals surface area contributed by atoms with Crippen LogP contribution in [0.15, 0.2) is 33.9 Å². The van der Waals surface area contributed by atoms with E-state index >= 15 is 0 Å². The summed E-state index contributed by atoms with van der Waals surface area (Å²) in [4.78, 5) is 36.9. The lowest BCUT2D eigenvalue weighted by atomic mass is 10.2. The molecule has 2 aliphatic rings. The summed E-state index contributed by atoms with van der Waals surface area (Å²) in [7, 11) is 1.52. The molecule has 0 amide bonds. The number of benzene rings is 1.